The number of nitrogens with zero attached hydrogens (tertiary/aromatic N) is 1. The average molecular weight is 427 g/mol. The molecule has 0 bridgehead atoms. The minimum Gasteiger partial charge on any atom is -0.486 e. The lowest BCUT2D eigenvalue weighted by Crippen LogP contribution is -2.26. The lowest BCUT2D eigenvalue weighted by molar-refractivity contribution is 0.0955. The number of nitrogens with one attached hydrogen (secondary N) is 1. The molecule has 0 saturated carbocycles. The Hall–Kier alpha value is -2.60. The first kappa shape index (κ1) is 17.8. The van der Waals surface area contributed by atoms with E-state index in [-0.39, 0.29) is 5.91 Å². The molecule has 1 aromatic heterocycles. The number of ether oxygens (including phenoxy) is 2. The molecule has 2 heterocycles. The smallest absolute Gasteiger partial charge is 0.252 e. The second kappa shape index (κ2) is 7.56. The van der Waals surface area contributed by atoms with Crippen molar-refractivity contribution in [1.82, 2.24) is 10.3 Å². The van der Waals surface area contributed by atoms with Crippen LogP contribution in [0.25, 0.3) is 10.9 Å². The van der Waals surface area contributed by atoms with Gasteiger partial charge in [-0.2, -0.15) is 0 Å². The zero-order chi connectivity index (χ0) is 18.8. The van der Waals surface area contributed by atoms with Gasteiger partial charge in [0.05, 0.1) is 11.1 Å². The van der Waals surface area contributed by atoms with Crippen LogP contribution in [0.3, 0.4) is 0 Å². The Morgan fingerprint density at radius 2 is 1.93 bits per heavy atom. The van der Waals surface area contributed by atoms with Crippen molar-refractivity contribution in [2.45, 2.75) is 13.3 Å². The lowest BCUT2D eigenvalue weighted by Gasteiger charge is -2.19. The number of aromatic nitrogens is 1. The van der Waals surface area contributed by atoms with Crippen LogP contribution in [-0.2, 0) is 6.42 Å². The van der Waals surface area contributed by atoms with Gasteiger partial charge < -0.3 is 14.8 Å². The van der Waals surface area contributed by atoms with Gasteiger partial charge in [0.2, 0.25) is 0 Å². The quantitative estimate of drug-likeness (QED) is 0.683. The van der Waals surface area contributed by atoms with Gasteiger partial charge in [-0.3, -0.25) is 9.78 Å². The molecule has 6 heteroatoms. The van der Waals surface area contributed by atoms with Crippen LogP contribution in [0.1, 0.15) is 21.6 Å². The van der Waals surface area contributed by atoms with Gasteiger partial charge in [0.1, 0.15) is 13.2 Å². The van der Waals surface area contributed by atoms with Crippen LogP contribution >= 0.6 is 15.9 Å². The van der Waals surface area contributed by atoms with Crippen LogP contribution in [0, 0.1) is 6.92 Å². The average Bonchev–Trinajstić information content (AvgIpc) is 2.66. The summed E-state index contributed by atoms with van der Waals surface area (Å²) in [5.41, 5.74) is 3.37. The fourth-order valence-corrected chi connectivity index (χ4v) is 3.53. The van der Waals surface area contributed by atoms with E-state index >= 15 is 0 Å². The maximum absolute atomic E-state index is 12.7. The van der Waals surface area contributed by atoms with Gasteiger partial charge in [-0.1, -0.05) is 28.1 Å². The van der Waals surface area contributed by atoms with E-state index in [0.29, 0.717) is 25.3 Å². The molecule has 0 unspecified atom stereocenters. The Kier molecular flexibility index (Phi) is 4.99. The zero-order valence-electron chi connectivity index (χ0n) is 14.9. The largest absolute Gasteiger partial charge is 0.486 e. The summed E-state index contributed by atoms with van der Waals surface area (Å²) >= 11 is 3.45. The van der Waals surface area contributed by atoms with Gasteiger partial charge in [-0.05, 0) is 49.2 Å². The summed E-state index contributed by atoms with van der Waals surface area (Å²) in [6.07, 6.45) is 0.718. The number of amides is 1. The summed E-state index contributed by atoms with van der Waals surface area (Å²) < 4.78 is 12.1. The van der Waals surface area contributed by atoms with Crippen molar-refractivity contribution in [2.24, 2.45) is 0 Å². The summed E-state index contributed by atoms with van der Waals surface area (Å²) in [5, 5.41) is 3.86. The number of hydrogen-bond acceptors (Lipinski definition) is 4. The predicted octanol–water partition coefficient (Wildman–Crippen LogP) is 4.05. The molecule has 0 aliphatic carbocycles. The van der Waals surface area contributed by atoms with Gasteiger partial charge in [0.15, 0.2) is 11.5 Å². The molecule has 2 aromatic carbocycles. The predicted molar refractivity (Wildman–Crippen MR) is 108 cm³/mol. The molecule has 0 atom stereocenters. The summed E-state index contributed by atoms with van der Waals surface area (Å²) in [7, 11) is 0. The van der Waals surface area contributed by atoms with E-state index in [0.717, 1.165) is 44.6 Å². The number of fused-ring (bicyclic) bond motifs is 2. The Balaban J connectivity index is 1.46. The normalized spacial score (nSPS) is 12.8. The van der Waals surface area contributed by atoms with E-state index in [1.807, 2.05) is 49.4 Å². The van der Waals surface area contributed by atoms with Gasteiger partial charge >= 0.3 is 0 Å². The third-order valence-corrected chi connectivity index (χ3v) is 4.94. The number of pyridine rings is 1. The molecule has 138 valence electrons. The molecule has 27 heavy (non-hydrogen) atoms. The summed E-state index contributed by atoms with van der Waals surface area (Å²) in [4.78, 5) is 17.2. The van der Waals surface area contributed by atoms with Crippen LogP contribution in [0.4, 0.5) is 0 Å². The highest BCUT2D eigenvalue weighted by molar-refractivity contribution is 9.10. The maximum atomic E-state index is 12.7. The van der Waals surface area contributed by atoms with E-state index in [4.69, 9.17) is 9.47 Å². The second-order valence-electron chi connectivity index (χ2n) is 6.46. The number of carbonyl (C=O) groups is 1. The molecule has 1 amide bonds. The van der Waals surface area contributed by atoms with E-state index in [9.17, 15) is 4.79 Å². The van der Waals surface area contributed by atoms with Crippen molar-refractivity contribution in [1.29, 1.82) is 0 Å². The van der Waals surface area contributed by atoms with Crippen LogP contribution in [-0.4, -0.2) is 30.6 Å². The van der Waals surface area contributed by atoms with Crippen molar-refractivity contribution >= 4 is 32.7 Å². The first-order valence-electron chi connectivity index (χ1n) is 8.84. The number of carbonyl (C=O) groups excluding carboxylic acids is 1. The van der Waals surface area contributed by atoms with Crippen molar-refractivity contribution in [3.05, 3.63) is 63.8 Å². The number of rotatable bonds is 4. The number of hydrogen-bond donors (Lipinski definition) is 1. The summed E-state index contributed by atoms with van der Waals surface area (Å²) in [6.45, 7) is 3.58. The van der Waals surface area contributed by atoms with Crippen molar-refractivity contribution in [3.8, 4) is 11.5 Å². The molecule has 1 aliphatic heterocycles. The molecule has 4 rings (SSSR count). The summed E-state index contributed by atoms with van der Waals surface area (Å²) in [5.74, 6) is 1.45. The molecule has 1 N–H and O–H groups in total. The number of aryl methyl sites for hydroxylation is 1. The molecule has 3 aromatic rings. The first-order valence-corrected chi connectivity index (χ1v) is 9.63. The van der Waals surface area contributed by atoms with Gasteiger partial charge in [0.25, 0.3) is 5.91 Å². The van der Waals surface area contributed by atoms with Crippen molar-refractivity contribution < 1.29 is 14.3 Å². The highest BCUT2D eigenvalue weighted by Crippen LogP contribution is 2.30. The van der Waals surface area contributed by atoms with Crippen LogP contribution < -0.4 is 14.8 Å². The standard InChI is InChI=1S/C21H19BrN2O3/c1-13-10-17(16-4-3-15(22)12-18(16)24-13)21(25)23-7-6-14-2-5-19-20(11-14)27-9-8-26-19/h2-5,10-12H,6-9H2,1H3,(H,23,25). The first-order chi connectivity index (χ1) is 13.1. The zero-order valence-corrected chi connectivity index (χ0v) is 16.5. The van der Waals surface area contributed by atoms with Crippen LogP contribution in [0.15, 0.2) is 46.9 Å². The molecule has 5 nitrogen and oxygen atoms in total. The Morgan fingerprint density at radius 1 is 1.11 bits per heavy atom. The fourth-order valence-electron chi connectivity index (χ4n) is 3.18. The van der Waals surface area contributed by atoms with E-state index in [2.05, 4.69) is 26.2 Å². The Bertz CT molecular complexity index is 1010. The molecule has 0 spiro atoms. The highest BCUT2D eigenvalue weighted by atomic mass is 79.9. The molecule has 1 aliphatic rings. The lowest BCUT2D eigenvalue weighted by atomic mass is 10.1. The monoisotopic (exact) mass is 426 g/mol. The van der Waals surface area contributed by atoms with E-state index in [1.165, 1.54) is 0 Å². The fraction of sp³-hybridized carbons (Fsp3) is 0.238. The second-order valence-corrected chi connectivity index (χ2v) is 7.37. The van der Waals surface area contributed by atoms with E-state index in [1.54, 1.807) is 0 Å². The van der Waals surface area contributed by atoms with Crippen LogP contribution in [0.5, 0.6) is 11.5 Å². The SMILES string of the molecule is Cc1cc(C(=O)NCCc2ccc3c(c2)OCCO3)c2ccc(Br)cc2n1. The molecule has 0 fully saturated rings. The van der Waals surface area contributed by atoms with Gasteiger partial charge in [-0.15, -0.1) is 0 Å². The Morgan fingerprint density at radius 3 is 2.78 bits per heavy atom. The topological polar surface area (TPSA) is 60.5 Å². The minimum absolute atomic E-state index is 0.0923. The molecular formula is C21H19BrN2O3. The van der Waals surface area contributed by atoms with Gasteiger partial charge in [0, 0.05) is 22.1 Å². The number of halogens is 1. The molecule has 0 saturated heterocycles. The van der Waals surface area contributed by atoms with Crippen molar-refractivity contribution in [2.75, 3.05) is 19.8 Å². The molecule has 0 radical (unpaired) electrons. The maximum Gasteiger partial charge on any atom is 0.252 e. The molecular weight excluding hydrogens is 408 g/mol. The highest BCUT2D eigenvalue weighted by Gasteiger charge is 2.14. The van der Waals surface area contributed by atoms with E-state index < -0.39 is 0 Å². The third-order valence-electron chi connectivity index (χ3n) is 4.45. The minimum atomic E-state index is -0.0923. The third kappa shape index (κ3) is 3.90. The summed E-state index contributed by atoms with van der Waals surface area (Å²) in [6, 6.07) is 13.5. The Labute approximate surface area is 165 Å². The van der Waals surface area contributed by atoms with Crippen LogP contribution in [0.2, 0.25) is 0 Å². The van der Waals surface area contributed by atoms with Crippen molar-refractivity contribution in [3.63, 3.8) is 0 Å². The van der Waals surface area contributed by atoms with Gasteiger partial charge in [-0.25, -0.2) is 0 Å². The number of benzene rings is 2.